The number of carboxylic acid groups (broad SMARTS) is 2. The first-order valence-corrected chi connectivity index (χ1v) is 8.58. The third kappa shape index (κ3) is 23.4. The van der Waals surface area contributed by atoms with Crippen LogP contribution in [0.25, 0.3) is 0 Å². The largest absolute Gasteiger partial charge is 2.00 e. The maximum Gasteiger partial charge on any atom is 2.00 e. The average molecular weight is 722 g/mol. The maximum absolute atomic E-state index is 10.1. The molecule has 2 aromatic rings. The number of rotatable bonds is 6. The van der Waals surface area contributed by atoms with Gasteiger partial charge in [-0.1, -0.05) is 24.3 Å². The van der Waals surface area contributed by atoms with Crippen molar-refractivity contribution >= 4 is 122 Å². The second-order valence-corrected chi connectivity index (χ2v) is 6.29. The van der Waals surface area contributed by atoms with E-state index in [9.17, 15) is 30.0 Å². The van der Waals surface area contributed by atoms with Crippen LogP contribution < -0.4 is 10.2 Å². The molecule has 15 heteroatoms. The van der Waals surface area contributed by atoms with Crippen molar-refractivity contribution in [3.05, 3.63) is 48.5 Å². The molecule has 31 heavy (non-hydrogen) atoms. The van der Waals surface area contributed by atoms with Gasteiger partial charge in [0, 0.05) is 70.2 Å². The number of aromatic hydroxyl groups is 2. The quantitative estimate of drug-likeness (QED) is 0.219. The molecular formula is C16H22CaO10S2Sb2. The molecule has 0 aromatic heterocycles. The van der Waals surface area contributed by atoms with Crippen LogP contribution in [0, 0.1) is 0 Å². The fourth-order valence-electron chi connectivity index (χ4n) is 1.43. The molecule has 0 saturated carbocycles. The normalized spacial score (nSPS) is 7.48. The summed E-state index contributed by atoms with van der Waals surface area (Å²) < 4.78 is 0. The molecule has 6 radical (unpaired) electrons. The van der Waals surface area contributed by atoms with Crippen LogP contribution in [0.2, 0.25) is 0 Å². The summed E-state index contributed by atoms with van der Waals surface area (Å²) in [5.41, 5.74) is 0. The van der Waals surface area contributed by atoms with Crippen molar-refractivity contribution in [1.29, 1.82) is 0 Å². The van der Waals surface area contributed by atoms with Crippen LogP contribution in [-0.4, -0.2) is 142 Å². The molecule has 0 aliphatic carbocycles. The van der Waals surface area contributed by atoms with Crippen LogP contribution in [0.5, 0.6) is 11.5 Å². The molecule has 0 fully saturated rings. The number of carboxylic acids is 2. The summed E-state index contributed by atoms with van der Waals surface area (Å²) in [5, 5.41) is 38.5. The monoisotopic (exact) mass is 720 g/mol. The van der Waals surface area contributed by atoms with E-state index in [0.29, 0.717) is 9.79 Å². The Morgan fingerprint density at radius 3 is 1.16 bits per heavy atom. The number of carbonyl (C=O) groups is 2. The van der Waals surface area contributed by atoms with Crippen molar-refractivity contribution < 1.29 is 51.9 Å². The molecule has 0 amide bonds. The van der Waals surface area contributed by atoms with Crippen molar-refractivity contribution in [2.24, 2.45) is 0 Å². The first kappa shape index (κ1) is 48.8. The molecule has 0 spiro atoms. The van der Waals surface area contributed by atoms with Crippen LogP contribution in [0.4, 0.5) is 0 Å². The number of hydrogen-bond acceptors (Lipinski definition) is 8. The van der Waals surface area contributed by atoms with E-state index < -0.39 is 11.9 Å². The van der Waals surface area contributed by atoms with Gasteiger partial charge in [-0.15, -0.1) is 23.5 Å². The van der Waals surface area contributed by atoms with Crippen LogP contribution in [0.3, 0.4) is 0 Å². The first-order valence-electron chi connectivity index (χ1n) is 6.61. The van der Waals surface area contributed by atoms with Gasteiger partial charge in [0.1, 0.15) is 11.5 Å². The van der Waals surface area contributed by atoms with Gasteiger partial charge in [0.2, 0.25) is 0 Å². The Morgan fingerprint density at radius 1 is 0.677 bits per heavy atom. The van der Waals surface area contributed by atoms with E-state index in [2.05, 4.69) is 0 Å². The molecule has 10 nitrogen and oxygen atoms in total. The minimum Gasteiger partial charge on any atom is -0.549 e. The van der Waals surface area contributed by atoms with Crippen molar-refractivity contribution in [2.75, 3.05) is 11.5 Å². The molecule has 0 unspecified atom stereocenters. The van der Waals surface area contributed by atoms with E-state index in [4.69, 9.17) is 0 Å². The summed E-state index contributed by atoms with van der Waals surface area (Å²) >= 11 is 2.09. The predicted octanol–water partition coefficient (Wildman–Crippen LogP) is -3.97. The molecule has 0 bridgehead atoms. The van der Waals surface area contributed by atoms with Crippen LogP contribution >= 0.6 is 23.5 Å². The van der Waals surface area contributed by atoms with Gasteiger partial charge in [-0.3, -0.25) is 0 Å². The number of hydrogen-bond donors (Lipinski definition) is 2. The van der Waals surface area contributed by atoms with Crippen molar-refractivity contribution in [3.63, 3.8) is 0 Å². The molecule has 0 aliphatic heterocycles. The smallest absolute Gasteiger partial charge is 0.549 e. The predicted molar refractivity (Wildman–Crippen MR) is 119 cm³/mol. The SMILES string of the molecule is O.O.O.O.O=C([O-])CSc1ccccc1O.O=C([O-])CSc1ccccc1O.[Ca+2].[Sb].[Sb]. The van der Waals surface area contributed by atoms with Gasteiger partial charge in [-0.05, 0) is 24.3 Å². The average Bonchev–Trinajstić information content (AvgIpc) is 2.54. The molecular weight excluding hydrogens is 700 g/mol. The van der Waals surface area contributed by atoms with E-state index in [0.717, 1.165) is 23.5 Å². The third-order valence-corrected chi connectivity index (χ3v) is 4.49. The Hall–Kier alpha value is 0.416. The standard InChI is InChI=1S/2C8H8O3S.Ca.4H2O.2Sb/c2*9-6-3-1-2-4-7(6)12-5-8(10)11;;;;;;;/h2*1-4,9H,5H2,(H,10,11);;4*1H2;;/q;;+2;;;;;;/p-2. The van der Waals surface area contributed by atoms with Crippen LogP contribution in [-0.2, 0) is 9.59 Å². The molecule has 10 N–H and O–H groups in total. The van der Waals surface area contributed by atoms with E-state index >= 15 is 0 Å². The van der Waals surface area contributed by atoms with Gasteiger partial charge in [-0.2, -0.15) is 0 Å². The summed E-state index contributed by atoms with van der Waals surface area (Å²) in [6.07, 6.45) is 0. The van der Waals surface area contributed by atoms with Gasteiger partial charge in [-0.25, -0.2) is 0 Å². The molecule has 0 heterocycles. The Kier molecular flexibility index (Phi) is 44.7. The van der Waals surface area contributed by atoms with Crippen LogP contribution in [0.15, 0.2) is 58.3 Å². The molecule has 2 rings (SSSR count). The Bertz CT molecular complexity index is 654. The zero-order chi connectivity index (χ0) is 17.9. The molecule has 2 aromatic carbocycles. The van der Waals surface area contributed by atoms with Gasteiger partial charge in [0.25, 0.3) is 0 Å². The number of phenols is 2. The second-order valence-electron chi connectivity index (χ2n) is 4.26. The topological polar surface area (TPSA) is 247 Å². The summed E-state index contributed by atoms with van der Waals surface area (Å²) in [6.45, 7) is 0. The fraction of sp³-hybridized carbons (Fsp3) is 0.125. The van der Waals surface area contributed by atoms with Gasteiger partial charge in [0.15, 0.2) is 0 Å². The minimum atomic E-state index is -1.14. The summed E-state index contributed by atoms with van der Waals surface area (Å²) in [4.78, 5) is 21.3. The Balaban J connectivity index is -0.0000000606. The number of para-hydroxylation sites is 2. The zero-order valence-corrected chi connectivity index (χ0v) is 24.9. The molecule has 0 atom stereocenters. The van der Waals surface area contributed by atoms with E-state index in [-0.39, 0.29) is 132 Å². The third-order valence-electron chi connectivity index (χ3n) is 2.42. The first-order chi connectivity index (χ1) is 11.4. The summed E-state index contributed by atoms with van der Waals surface area (Å²) in [6, 6.07) is 13.2. The number of carbonyl (C=O) groups excluding carboxylic acids is 2. The molecule has 170 valence electrons. The number of benzene rings is 2. The number of phenolic OH excluding ortho intramolecular Hbond substituents is 2. The van der Waals surface area contributed by atoms with Crippen LogP contribution in [0.1, 0.15) is 0 Å². The van der Waals surface area contributed by atoms with E-state index in [1.165, 1.54) is 12.1 Å². The summed E-state index contributed by atoms with van der Waals surface area (Å²) in [5.74, 6) is -2.35. The van der Waals surface area contributed by atoms with Gasteiger partial charge >= 0.3 is 37.7 Å². The molecule has 0 saturated heterocycles. The maximum atomic E-state index is 10.1. The number of thioether (sulfide) groups is 2. The van der Waals surface area contributed by atoms with Gasteiger partial charge < -0.3 is 51.9 Å². The minimum absolute atomic E-state index is 0. The Labute approximate surface area is 252 Å². The van der Waals surface area contributed by atoms with Crippen molar-refractivity contribution in [1.82, 2.24) is 0 Å². The van der Waals surface area contributed by atoms with E-state index in [1.807, 2.05) is 0 Å². The summed E-state index contributed by atoms with van der Waals surface area (Å²) in [7, 11) is 0. The number of aliphatic carboxylic acids is 2. The van der Waals surface area contributed by atoms with Crippen molar-refractivity contribution in [3.8, 4) is 11.5 Å². The van der Waals surface area contributed by atoms with Crippen molar-refractivity contribution in [2.45, 2.75) is 9.79 Å². The van der Waals surface area contributed by atoms with Gasteiger partial charge in [0.05, 0.1) is 11.9 Å². The zero-order valence-electron chi connectivity index (χ0n) is 16.0. The fourth-order valence-corrected chi connectivity index (χ4v) is 2.76. The molecule has 0 aliphatic rings. The van der Waals surface area contributed by atoms with E-state index in [1.54, 1.807) is 36.4 Å². The Morgan fingerprint density at radius 2 is 0.935 bits per heavy atom. The second kappa shape index (κ2) is 28.4.